The average molecular weight is 492 g/mol. The summed E-state index contributed by atoms with van der Waals surface area (Å²) in [5.41, 5.74) is 2.18. The summed E-state index contributed by atoms with van der Waals surface area (Å²) in [4.78, 5) is 18.7. The van der Waals surface area contributed by atoms with Gasteiger partial charge in [0.2, 0.25) is 0 Å². The maximum atomic E-state index is 12.9. The Morgan fingerprint density at radius 2 is 1.97 bits per heavy atom. The zero-order valence-electron chi connectivity index (χ0n) is 20.8. The van der Waals surface area contributed by atoms with Crippen molar-refractivity contribution in [2.75, 3.05) is 13.2 Å². The number of carbonyl (C=O) groups excluding carboxylic acids is 1. The number of hydrogen-bond donors (Lipinski definition) is 0. The van der Waals surface area contributed by atoms with Gasteiger partial charge in [0, 0.05) is 27.1 Å². The Labute approximate surface area is 207 Å². The summed E-state index contributed by atoms with van der Waals surface area (Å²) in [5.74, 6) is -0.499. The number of rotatable bonds is 10. The second kappa shape index (κ2) is 10.5. The quantitative estimate of drug-likeness (QED) is 0.231. The van der Waals surface area contributed by atoms with Gasteiger partial charge in [-0.3, -0.25) is 0 Å². The summed E-state index contributed by atoms with van der Waals surface area (Å²) in [7, 11) is -1.21. The van der Waals surface area contributed by atoms with E-state index in [1.54, 1.807) is 19.4 Å². The number of hydrogen-bond acceptors (Lipinski definition) is 6. The monoisotopic (exact) mass is 491 g/mol. The van der Waals surface area contributed by atoms with Crippen molar-refractivity contribution >= 4 is 19.6 Å². The van der Waals surface area contributed by atoms with Crippen LogP contribution in [0.2, 0.25) is 25.7 Å². The summed E-state index contributed by atoms with van der Waals surface area (Å²) < 4.78 is 13.2. The van der Waals surface area contributed by atoms with Crippen molar-refractivity contribution < 1.29 is 14.3 Å². The number of benzene rings is 1. The van der Waals surface area contributed by atoms with E-state index < -0.39 is 19.6 Å². The van der Waals surface area contributed by atoms with Gasteiger partial charge in [0.05, 0.1) is 12.9 Å². The van der Waals surface area contributed by atoms with Gasteiger partial charge in [0.15, 0.2) is 12.4 Å². The van der Waals surface area contributed by atoms with Crippen molar-refractivity contribution in [3.63, 3.8) is 0 Å². The predicted molar refractivity (Wildman–Crippen MR) is 138 cm³/mol. The lowest BCUT2D eigenvalue weighted by Gasteiger charge is -2.32. The third-order valence-corrected chi connectivity index (χ3v) is 7.69. The first-order valence-corrected chi connectivity index (χ1v) is 15.7. The van der Waals surface area contributed by atoms with Crippen molar-refractivity contribution in [2.45, 2.75) is 51.3 Å². The average Bonchev–Trinajstić information content (AvgIpc) is 3.53. The number of ether oxygens (including phenoxy) is 2. The molecule has 0 amide bonds. The fourth-order valence-corrected chi connectivity index (χ4v) is 4.77. The van der Waals surface area contributed by atoms with Crippen LogP contribution in [-0.4, -0.2) is 51.8 Å². The third kappa shape index (κ3) is 5.68. The van der Waals surface area contributed by atoms with Gasteiger partial charge >= 0.3 is 5.97 Å². The van der Waals surface area contributed by atoms with Crippen molar-refractivity contribution in [2.24, 2.45) is 0 Å². The number of carbonyl (C=O) groups is 1. The fraction of sp³-hybridized carbons (Fsp3) is 0.385. The Hall–Kier alpha value is -3.30. The van der Waals surface area contributed by atoms with E-state index in [9.17, 15) is 4.79 Å². The van der Waals surface area contributed by atoms with Crippen LogP contribution in [0.15, 0.2) is 67.3 Å². The molecule has 0 spiro atoms. The Balaban J connectivity index is 1.69. The molecule has 8 nitrogen and oxygen atoms in total. The second-order valence-electron chi connectivity index (χ2n) is 9.80. The Kier molecular flexibility index (Phi) is 7.47. The minimum absolute atomic E-state index is 0.172. The van der Waals surface area contributed by atoms with Gasteiger partial charge in [-0.25, -0.2) is 9.78 Å². The minimum atomic E-state index is -1.21. The zero-order chi connectivity index (χ0) is 24.9. The molecule has 1 atom stereocenters. The highest BCUT2D eigenvalue weighted by atomic mass is 28.3. The number of aromatic nitrogens is 5. The molecule has 1 aliphatic carbocycles. The first kappa shape index (κ1) is 24.8. The van der Waals surface area contributed by atoms with Crippen molar-refractivity contribution in [1.82, 2.24) is 24.5 Å². The fourth-order valence-electron chi connectivity index (χ4n) is 4.02. The van der Waals surface area contributed by atoms with Gasteiger partial charge in [0.25, 0.3) is 0 Å². The van der Waals surface area contributed by atoms with Gasteiger partial charge in [0.1, 0.15) is 11.2 Å². The van der Waals surface area contributed by atoms with Gasteiger partial charge in [-0.2, -0.15) is 9.90 Å². The molecular weight excluding hydrogens is 458 g/mol. The van der Waals surface area contributed by atoms with E-state index in [1.807, 2.05) is 29.0 Å². The van der Waals surface area contributed by atoms with E-state index in [0.29, 0.717) is 18.7 Å². The first-order chi connectivity index (χ1) is 16.8. The Morgan fingerprint density at radius 1 is 1.17 bits per heavy atom. The molecule has 9 heteroatoms. The highest BCUT2D eigenvalue weighted by molar-refractivity contribution is 6.76. The van der Waals surface area contributed by atoms with Crippen molar-refractivity contribution in [3.05, 3.63) is 84.2 Å². The number of allylic oxidation sites excluding steroid dienone is 4. The van der Waals surface area contributed by atoms with Crippen LogP contribution >= 0.6 is 0 Å². The summed E-state index contributed by atoms with van der Waals surface area (Å²) in [6, 6.07) is 11.3. The van der Waals surface area contributed by atoms with Crippen LogP contribution in [0.4, 0.5) is 0 Å². The molecule has 0 aliphatic heterocycles. The van der Waals surface area contributed by atoms with E-state index in [2.05, 4.69) is 60.1 Å². The molecule has 0 radical (unpaired) electrons. The summed E-state index contributed by atoms with van der Waals surface area (Å²) in [5, 5.41) is 9.26. The lowest BCUT2D eigenvalue weighted by Crippen LogP contribution is -2.35. The second-order valence-corrected chi connectivity index (χ2v) is 15.4. The molecule has 2 aromatic heterocycles. The largest absolute Gasteiger partial charge is 0.461 e. The van der Waals surface area contributed by atoms with Crippen molar-refractivity contribution in [1.29, 1.82) is 0 Å². The normalized spacial score (nSPS) is 17.9. The molecule has 4 rings (SSSR count). The van der Waals surface area contributed by atoms with Crippen LogP contribution in [0.3, 0.4) is 0 Å². The highest BCUT2D eigenvalue weighted by Crippen LogP contribution is 2.38. The summed E-state index contributed by atoms with van der Waals surface area (Å²) >= 11 is 0. The smallest absolute Gasteiger partial charge is 0.360 e. The number of imidazole rings is 1. The van der Waals surface area contributed by atoms with Crippen LogP contribution in [0.5, 0.6) is 0 Å². The van der Waals surface area contributed by atoms with Crippen molar-refractivity contribution in [3.8, 4) is 0 Å². The molecule has 3 aromatic rings. The van der Waals surface area contributed by atoms with Crippen LogP contribution in [0.25, 0.3) is 5.57 Å². The van der Waals surface area contributed by atoms with Gasteiger partial charge in [-0.15, -0.1) is 5.10 Å². The lowest BCUT2D eigenvalue weighted by molar-refractivity contribution is 0.0505. The SMILES string of the molecule is CCOC(=O)c1nn(COCC[Si](C)(C)C)nc1C1(n2ccnc2)C=CC(c2ccccc2)=CC1. The van der Waals surface area contributed by atoms with Gasteiger partial charge in [-0.1, -0.05) is 68.2 Å². The molecular formula is C26H33N5O3Si. The van der Waals surface area contributed by atoms with Crippen LogP contribution < -0.4 is 0 Å². The predicted octanol–water partition coefficient (Wildman–Crippen LogP) is 4.75. The summed E-state index contributed by atoms with van der Waals surface area (Å²) in [6.45, 7) is 9.76. The van der Waals surface area contributed by atoms with E-state index in [-0.39, 0.29) is 19.0 Å². The van der Waals surface area contributed by atoms with Gasteiger partial charge in [-0.05, 0) is 30.5 Å². The standard InChI is InChI=1S/C26H33N5O3Si/c1-5-34-25(32)23-24(29-31(28-23)20-33-17-18-35(2,3)4)26(30-16-15-27-19-30)13-11-22(12-14-26)21-9-7-6-8-10-21/h6-13,15-16,19H,5,14,17-18,20H2,1-4H3. The molecule has 184 valence electrons. The third-order valence-electron chi connectivity index (χ3n) is 5.98. The topological polar surface area (TPSA) is 84.1 Å². The van der Waals surface area contributed by atoms with E-state index in [1.165, 1.54) is 4.80 Å². The molecule has 0 fully saturated rings. The Bertz CT molecular complexity index is 1200. The molecule has 1 aliphatic rings. The number of esters is 1. The molecule has 35 heavy (non-hydrogen) atoms. The van der Waals surface area contributed by atoms with Gasteiger partial charge < -0.3 is 14.0 Å². The summed E-state index contributed by atoms with van der Waals surface area (Å²) in [6.07, 6.45) is 12.2. The van der Waals surface area contributed by atoms with Crippen LogP contribution in [0, 0.1) is 0 Å². The maximum Gasteiger partial charge on any atom is 0.360 e. The minimum Gasteiger partial charge on any atom is -0.461 e. The molecule has 0 N–H and O–H groups in total. The lowest BCUT2D eigenvalue weighted by atomic mass is 9.83. The Morgan fingerprint density at radius 3 is 2.60 bits per heavy atom. The van der Waals surface area contributed by atoms with E-state index in [4.69, 9.17) is 14.6 Å². The zero-order valence-corrected chi connectivity index (χ0v) is 21.8. The first-order valence-electron chi connectivity index (χ1n) is 12.0. The van der Waals surface area contributed by atoms with E-state index >= 15 is 0 Å². The number of nitrogens with zero attached hydrogens (tertiary/aromatic N) is 5. The van der Waals surface area contributed by atoms with Crippen LogP contribution in [-0.2, 0) is 21.7 Å². The molecule has 0 saturated heterocycles. The van der Waals surface area contributed by atoms with E-state index in [0.717, 1.165) is 17.2 Å². The molecule has 2 heterocycles. The molecule has 1 aromatic carbocycles. The molecule has 0 saturated carbocycles. The van der Waals surface area contributed by atoms with Crippen LogP contribution in [0.1, 0.15) is 35.1 Å². The molecule has 1 unspecified atom stereocenters. The molecule has 0 bridgehead atoms. The maximum absolute atomic E-state index is 12.9. The highest BCUT2D eigenvalue weighted by Gasteiger charge is 2.40.